The van der Waals surface area contributed by atoms with Crippen LogP contribution >= 0.6 is 0 Å². The van der Waals surface area contributed by atoms with Gasteiger partial charge in [-0.05, 0) is 113 Å². The predicted molar refractivity (Wildman–Crippen MR) is 215 cm³/mol. The Morgan fingerprint density at radius 3 is 1.10 bits per heavy atom. The van der Waals surface area contributed by atoms with E-state index in [1.54, 1.807) is 0 Å². The fourth-order valence-corrected chi connectivity index (χ4v) is 7.97. The Bertz CT molecular complexity index is 2720. The second-order valence-corrected chi connectivity index (χ2v) is 13.1. The van der Waals surface area contributed by atoms with Gasteiger partial charge in [0.25, 0.3) is 0 Å². The fraction of sp³-hybridized carbons (Fsp3) is 0. The van der Waals surface area contributed by atoms with Gasteiger partial charge in [-0.2, -0.15) is 0 Å². The predicted octanol–water partition coefficient (Wildman–Crippen LogP) is 12.2. The molecular weight excluding hydrogens is 633 g/mol. The van der Waals surface area contributed by atoms with Crippen LogP contribution in [0.1, 0.15) is 0 Å². The van der Waals surface area contributed by atoms with Crippen molar-refractivity contribution in [2.45, 2.75) is 0 Å². The van der Waals surface area contributed by atoms with Gasteiger partial charge in [-0.1, -0.05) is 97.1 Å². The molecule has 4 nitrogen and oxygen atoms in total. The Kier molecular flexibility index (Phi) is 7.10. The van der Waals surface area contributed by atoms with Crippen LogP contribution in [0.2, 0.25) is 0 Å². The average molecular weight is 663 g/mol. The molecular formula is C48H30N4. The molecule has 0 aliphatic heterocycles. The minimum absolute atomic E-state index is 0.948. The minimum Gasteiger partial charge on any atom is -0.264 e. The summed E-state index contributed by atoms with van der Waals surface area (Å²) in [5.41, 5.74) is 11.1. The lowest BCUT2D eigenvalue weighted by Crippen LogP contribution is -1.94. The highest BCUT2D eigenvalue weighted by Crippen LogP contribution is 2.47. The molecule has 0 aliphatic carbocycles. The van der Waals surface area contributed by atoms with Gasteiger partial charge in [-0.25, -0.2) is 0 Å². The number of benzene rings is 6. The highest BCUT2D eigenvalue weighted by Gasteiger charge is 2.20. The molecule has 0 N–H and O–H groups in total. The maximum Gasteiger partial charge on any atom is 0.0714 e. The third kappa shape index (κ3) is 4.84. The van der Waals surface area contributed by atoms with Gasteiger partial charge >= 0.3 is 0 Å². The molecule has 0 atom stereocenters. The number of nitrogens with zero attached hydrogens (tertiary/aromatic N) is 4. The van der Waals surface area contributed by atoms with Crippen molar-refractivity contribution in [3.05, 3.63) is 183 Å². The summed E-state index contributed by atoms with van der Waals surface area (Å²) < 4.78 is 0. The zero-order chi connectivity index (χ0) is 34.4. The summed E-state index contributed by atoms with van der Waals surface area (Å²) in [7, 11) is 0. The first-order valence-corrected chi connectivity index (χ1v) is 17.4. The first kappa shape index (κ1) is 29.8. The summed E-state index contributed by atoms with van der Waals surface area (Å²) >= 11 is 0. The second kappa shape index (κ2) is 12.4. The van der Waals surface area contributed by atoms with Gasteiger partial charge in [-0.15, -0.1) is 0 Å². The van der Waals surface area contributed by atoms with Crippen LogP contribution in [0.15, 0.2) is 183 Å². The first-order valence-electron chi connectivity index (χ1n) is 17.4. The lowest BCUT2D eigenvalue weighted by Gasteiger charge is -2.19. The molecule has 0 radical (unpaired) electrons. The molecule has 4 aromatic heterocycles. The normalized spacial score (nSPS) is 11.5. The van der Waals surface area contributed by atoms with E-state index < -0.39 is 0 Å². The Labute approximate surface area is 300 Å². The molecule has 10 rings (SSSR count). The molecule has 10 aromatic rings. The zero-order valence-electron chi connectivity index (χ0n) is 28.1. The van der Waals surface area contributed by atoms with E-state index in [-0.39, 0.29) is 0 Å². The van der Waals surface area contributed by atoms with Crippen molar-refractivity contribution in [1.29, 1.82) is 0 Å². The largest absolute Gasteiger partial charge is 0.264 e. The molecule has 4 heterocycles. The van der Waals surface area contributed by atoms with Crippen LogP contribution in [0.4, 0.5) is 0 Å². The topological polar surface area (TPSA) is 51.6 Å². The van der Waals surface area contributed by atoms with E-state index in [4.69, 9.17) is 4.98 Å². The van der Waals surface area contributed by atoms with Crippen molar-refractivity contribution in [2.24, 2.45) is 0 Å². The number of hydrogen-bond donors (Lipinski definition) is 0. The number of pyridine rings is 4. The van der Waals surface area contributed by atoms with E-state index in [0.717, 1.165) is 55.2 Å². The molecule has 52 heavy (non-hydrogen) atoms. The summed E-state index contributed by atoms with van der Waals surface area (Å²) in [5, 5.41) is 9.37. The molecule has 0 fully saturated rings. The highest BCUT2D eigenvalue weighted by atomic mass is 14.7. The summed E-state index contributed by atoms with van der Waals surface area (Å²) in [6.07, 6.45) is 13.3. The Balaban J connectivity index is 1.30. The van der Waals surface area contributed by atoms with Crippen LogP contribution in [-0.2, 0) is 0 Å². The van der Waals surface area contributed by atoms with E-state index in [2.05, 4.69) is 130 Å². The second-order valence-electron chi connectivity index (χ2n) is 13.1. The maximum absolute atomic E-state index is 4.88. The number of rotatable bonds is 5. The third-order valence-corrected chi connectivity index (χ3v) is 10.2. The van der Waals surface area contributed by atoms with Gasteiger partial charge in [-0.3, -0.25) is 19.9 Å². The van der Waals surface area contributed by atoms with E-state index in [9.17, 15) is 0 Å². The standard InChI is InChI=1S/C48H30N4/c1-2-14-37-36(13-1)45(33-10-7-22-49-28-33)40-20-18-31(26-42(40)47(37)35-12-9-24-51-30-35)32-19-21-41-43(27-32)48(44-17-5-6-25-52-44)39-16-4-3-15-38(39)46(41)34-11-8-23-50-29-34/h1-30H. The van der Waals surface area contributed by atoms with Crippen molar-refractivity contribution in [2.75, 3.05) is 0 Å². The van der Waals surface area contributed by atoms with Crippen LogP contribution in [0.3, 0.4) is 0 Å². The lowest BCUT2D eigenvalue weighted by atomic mass is 9.84. The van der Waals surface area contributed by atoms with E-state index in [1.807, 2.05) is 67.6 Å². The number of aromatic nitrogens is 4. The molecule has 4 heteroatoms. The van der Waals surface area contributed by atoms with Crippen LogP contribution in [-0.4, -0.2) is 19.9 Å². The SMILES string of the molecule is c1ccc(-c2c3ccccc3c(-c3cccnc3)c3ccc(-c4ccc5c(-c6cccnc6)c6ccccc6c(-c6cccnc6)c5c4)cc23)nc1. The van der Waals surface area contributed by atoms with Crippen LogP contribution in [0, 0.1) is 0 Å². The molecule has 0 bridgehead atoms. The third-order valence-electron chi connectivity index (χ3n) is 10.2. The Hall–Kier alpha value is -7.04. The van der Waals surface area contributed by atoms with Crippen molar-refractivity contribution in [3.8, 4) is 55.8 Å². The Morgan fingerprint density at radius 1 is 0.269 bits per heavy atom. The summed E-state index contributed by atoms with van der Waals surface area (Å²) in [6.45, 7) is 0. The van der Waals surface area contributed by atoms with E-state index in [1.165, 1.54) is 43.6 Å². The van der Waals surface area contributed by atoms with E-state index >= 15 is 0 Å². The smallest absolute Gasteiger partial charge is 0.0714 e. The molecule has 0 unspecified atom stereocenters. The van der Waals surface area contributed by atoms with Crippen LogP contribution in [0.25, 0.3) is 98.9 Å². The summed E-state index contributed by atoms with van der Waals surface area (Å²) in [5.74, 6) is 0. The number of hydrogen-bond acceptors (Lipinski definition) is 4. The van der Waals surface area contributed by atoms with Gasteiger partial charge in [0.05, 0.1) is 5.69 Å². The van der Waals surface area contributed by atoms with Crippen molar-refractivity contribution in [3.63, 3.8) is 0 Å². The van der Waals surface area contributed by atoms with Gasteiger partial charge < -0.3 is 0 Å². The first-order chi connectivity index (χ1) is 25.8. The molecule has 0 saturated carbocycles. The van der Waals surface area contributed by atoms with Crippen LogP contribution < -0.4 is 0 Å². The Morgan fingerprint density at radius 2 is 0.673 bits per heavy atom. The average Bonchev–Trinajstić information content (AvgIpc) is 3.22. The molecule has 0 aliphatic rings. The van der Waals surface area contributed by atoms with Gasteiger partial charge in [0, 0.05) is 65.6 Å². The number of fused-ring (bicyclic) bond motifs is 4. The monoisotopic (exact) mass is 662 g/mol. The molecule has 0 saturated heterocycles. The quantitative estimate of drug-likeness (QED) is 0.172. The van der Waals surface area contributed by atoms with Crippen molar-refractivity contribution < 1.29 is 0 Å². The van der Waals surface area contributed by atoms with Gasteiger partial charge in [0.2, 0.25) is 0 Å². The van der Waals surface area contributed by atoms with Gasteiger partial charge in [0.15, 0.2) is 0 Å². The fourth-order valence-electron chi connectivity index (χ4n) is 7.97. The van der Waals surface area contributed by atoms with E-state index in [0.29, 0.717) is 0 Å². The minimum atomic E-state index is 0.948. The lowest BCUT2D eigenvalue weighted by molar-refractivity contribution is 1.33. The molecule has 242 valence electrons. The van der Waals surface area contributed by atoms with Crippen molar-refractivity contribution >= 4 is 43.1 Å². The summed E-state index contributed by atoms with van der Waals surface area (Å²) in [4.78, 5) is 18.5. The van der Waals surface area contributed by atoms with Gasteiger partial charge in [0.1, 0.15) is 0 Å². The summed E-state index contributed by atoms with van der Waals surface area (Å²) in [6, 6.07) is 49.8. The van der Waals surface area contributed by atoms with Crippen LogP contribution in [0.5, 0.6) is 0 Å². The van der Waals surface area contributed by atoms with Crippen molar-refractivity contribution in [1.82, 2.24) is 19.9 Å². The molecule has 6 aromatic carbocycles. The zero-order valence-corrected chi connectivity index (χ0v) is 28.1. The molecule has 0 spiro atoms. The molecule has 0 amide bonds. The highest BCUT2D eigenvalue weighted by molar-refractivity contribution is 6.23. The maximum atomic E-state index is 4.88.